The molecular formula is C18H20O2Se. The Morgan fingerprint density at radius 2 is 1.62 bits per heavy atom. The summed E-state index contributed by atoms with van der Waals surface area (Å²) in [5, 5.41) is 10.6. The van der Waals surface area contributed by atoms with E-state index in [-0.39, 0.29) is 38.1 Å². The van der Waals surface area contributed by atoms with E-state index in [4.69, 9.17) is 4.74 Å². The van der Waals surface area contributed by atoms with Gasteiger partial charge in [0, 0.05) is 0 Å². The first-order valence-corrected chi connectivity index (χ1v) is 9.19. The molecule has 1 heterocycles. The van der Waals surface area contributed by atoms with E-state index in [0.29, 0.717) is 0 Å². The molecule has 0 radical (unpaired) electrons. The third kappa shape index (κ3) is 3.56. The standard InChI is InChI=1S/C18H20O2Se/c1-13-12-16(19)18(21-15-10-6-3-7-11-15)17(20-13)14-8-4-2-5-9-14/h2-11,13,16-19H,12H2,1H3/t13-,16+,17-,18-/m0/s1. The molecule has 0 amide bonds. The summed E-state index contributed by atoms with van der Waals surface area (Å²) in [6.45, 7) is 2.05. The van der Waals surface area contributed by atoms with Crippen LogP contribution in [0.15, 0.2) is 60.7 Å². The Morgan fingerprint density at radius 3 is 2.29 bits per heavy atom. The van der Waals surface area contributed by atoms with E-state index >= 15 is 0 Å². The van der Waals surface area contributed by atoms with Gasteiger partial charge in [0.05, 0.1) is 0 Å². The van der Waals surface area contributed by atoms with Crippen LogP contribution in [0.4, 0.5) is 0 Å². The van der Waals surface area contributed by atoms with Gasteiger partial charge in [-0.3, -0.25) is 0 Å². The molecule has 4 atom stereocenters. The van der Waals surface area contributed by atoms with Crippen molar-refractivity contribution in [2.45, 2.75) is 36.5 Å². The van der Waals surface area contributed by atoms with Crippen LogP contribution in [0.3, 0.4) is 0 Å². The summed E-state index contributed by atoms with van der Waals surface area (Å²) in [6.07, 6.45) is 0.528. The molecule has 2 nitrogen and oxygen atoms in total. The monoisotopic (exact) mass is 348 g/mol. The summed E-state index contributed by atoms with van der Waals surface area (Å²) >= 11 is 0.196. The summed E-state index contributed by atoms with van der Waals surface area (Å²) in [5.41, 5.74) is 1.17. The van der Waals surface area contributed by atoms with Crippen molar-refractivity contribution in [1.82, 2.24) is 0 Å². The van der Waals surface area contributed by atoms with Gasteiger partial charge in [0.2, 0.25) is 0 Å². The maximum absolute atomic E-state index is 10.6. The fourth-order valence-electron chi connectivity index (χ4n) is 2.77. The van der Waals surface area contributed by atoms with E-state index in [2.05, 4.69) is 36.4 Å². The Hall–Kier alpha value is -1.12. The van der Waals surface area contributed by atoms with Crippen LogP contribution >= 0.6 is 0 Å². The van der Waals surface area contributed by atoms with Crippen LogP contribution in [-0.2, 0) is 4.74 Å². The van der Waals surface area contributed by atoms with Gasteiger partial charge in [-0.15, -0.1) is 0 Å². The van der Waals surface area contributed by atoms with Gasteiger partial charge in [-0.2, -0.15) is 0 Å². The fraction of sp³-hybridized carbons (Fsp3) is 0.333. The molecule has 2 aromatic carbocycles. The summed E-state index contributed by atoms with van der Waals surface area (Å²) in [7, 11) is 0. The van der Waals surface area contributed by atoms with Gasteiger partial charge in [-0.25, -0.2) is 0 Å². The van der Waals surface area contributed by atoms with E-state index < -0.39 is 0 Å². The van der Waals surface area contributed by atoms with E-state index in [1.165, 1.54) is 10.0 Å². The molecule has 2 aromatic rings. The second-order valence-electron chi connectivity index (χ2n) is 5.48. The second kappa shape index (κ2) is 6.76. The Kier molecular flexibility index (Phi) is 4.76. The van der Waals surface area contributed by atoms with Gasteiger partial charge in [-0.05, 0) is 0 Å². The molecule has 1 aliphatic heterocycles. The number of benzene rings is 2. The molecule has 1 aliphatic rings. The third-order valence-electron chi connectivity index (χ3n) is 3.77. The van der Waals surface area contributed by atoms with Crippen LogP contribution in [0.2, 0.25) is 4.82 Å². The quantitative estimate of drug-likeness (QED) is 0.866. The number of hydrogen-bond acceptors (Lipinski definition) is 2. The second-order valence-corrected chi connectivity index (χ2v) is 8.10. The van der Waals surface area contributed by atoms with Crippen LogP contribution in [0.25, 0.3) is 0 Å². The molecule has 0 spiro atoms. The normalized spacial score (nSPS) is 29.2. The van der Waals surface area contributed by atoms with Crippen LogP contribution in [-0.4, -0.2) is 32.3 Å². The number of aliphatic hydroxyl groups excluding tert-OH is 1. The molecule has 1 saturated heterocycles. The van der Waals surface area contributed by atoms with Gasteiger partial charge in [0.1, 0.15) is 0 Å². The number of rotatable bonds is 3. The minimum atomic E-state index is -0.292. The van der Waals surface area contributed by atoms with Crippen LogP contribution in [0.1, 0.15) is 25.0 Å². The predicted molar refractivity (Wildman–Crippen MR) is 85.9 cm³/mol. The molecule has 0 aliphatic carbocycles. The Balaban J connectivity index is 1.86. The van der Waals surface area contributed by atoms with Crippen molar-refractivity contribution in [2.24, 2.45) is 0 Å². The average molecular weight is 347 g/mol. The van der Waals surface area contributed by atoms with E-state index in [9.17, 15) is 5.11 Å². The molecule has 0 aromatic heterocycles. The summed E-state index contributed by atoms with van der Waals surface area (Å²) in [6, 6.07) is 20.7. The molecule has 21 heavy (non-hydrogen) atoms. The summed E-state index contributed by atoms with van der Waals surface area (Å²) in [4.78, 5) is 0.165. The summed E-state index contributed by atoms with van der Waals surface area (Å²) < 4.78 is 7.50. The molecule has 0 saturated carbocycles. The molecule has 110 valence electrons. The zero-order valence-electron chi connectivity index (χ0n) is 12.1. The van der Waals surface area contributed by atoms with Crippen molar-refractivity contribution in [3.63, 3.8) is 0 Å². The van der Waals surface area contributed by atoms with Crippen molar-refractivity contribution < 1.29 is 9.84 Å². The number of ether oxygens (including phenoxy) is 1. The maximum atomic E-state index is 10.6. The van der Waals surface area contributed by atoms with Gasteiger partial charge in [-0.1, -0.05) is 0 Å². The van der Waals surface area contributed by atoms with Gasteiger partial charge < -0.3 is 0 Å². The minimum absolute atomic E-state index is 0.00911. The zero-order valence-corrected chi connectivity index (χ0v) is 13.8. The third-order valence-corrected chi connectivity index (χ3v) is 6.66. The molecule has 3 heteroatoms. The molecule has 0 bridgehead atoms. The Labute approximate surface area is 132 Å². The van der Waals surface area contributed by atoms with E-state index in [0.717, 1.165) is 6.42 Å². The van der Waals surface area contributed by atoms with Crippen LogP contribution in [0.5, 0.6) is 0 Å². The van der Waals surface area contributed by atoms with Crippen LogP contribution < -0.4 is 4.46 Å². The average Bonchev–Trinajstić information content (AvgIpc) is 2.51. The van der Waals surface area contributed by atoms with Crippen molar-refractivity contribution in [3.8, 4) is 0 Å². The first kappa shape index (κ1) is 14.8. The molecule has 1 fully saturated rings. The SMILES string of the molecule is C[C@H]1C[C@@H](O)[C@H]([Se]c2ccccc2)[C@H](c2ccccc2)O1. The molecule has 0 unspecified atom stereocenters. The van der Waals surface area contributed by atoms with E-state index in [1.807, 2.05) is 31.2 Å². The first-order valence-electron chi connectivity index (χ1n) is 7.34. The van der Waals surface area contributed by atoms with Crippen molar-refractivity contribution >= 4 is 19.4 Å². The van der Waals surface area contributed by atoms with Crippen molar-refractivity contribution in [3.05, 3.63) is 66.2 Å². The molecule has 3 rings (SSSR count). The zero-order chi connectivity index (χ0) is 14.7. The molecule has 1 N–H and O–H groups in total. The number of hydrogen-bond donors (Lipinski definition) is 1. The fourth-order valence-corrected chi connectivity index (χ4v) is 5.37. The van der Waals surface area contributed by atoms with Gasteiger partial charge >= 0.3 is 132 Å². The summed E-state index contributed by atoms with van der Waals surface area (Å²) in [5.74, 6) is 0. The number of aliphatic hydroxyl groups is 1. The van der Waals surface area contributed by atoms with Crippen LogP contribution in [0, 0.1) is 0 Å². The van der Waals surface area contributed by atoms with Gasteiger partial charge in [0.15, 0.2) is 0 Å². The Morgan fingerprint density at radius 1 is 1.00 bits per heavy atom. The topological polar surface area (TPSA) is 29.5 Å². The molecular weight excluding hydrogens is 327 g/mol. The van der Waals surface area contributed by atoms with Crippen molar-refractivity contribution in [1.29, 1.82) is 0 Å². The predicted octanol–water partition coefficient (Wildman–Crippen LogP) is 2.72. The van der Waals surface area contributed by atoms with Gasteiger partial charge in [0.25, 0.3) is 0 Å². The Bertz CT molecular complexity index is 558. The first-order chi connectivity index (χ1) is 10.2. The van der Waals surface area contributed by atoms with Crippen molar-refractivity contribution in [2.75, 3.05) is 0 Å². The van der Waals surface area contributed by atoms with E-state index in [1.54, 1.807) is 0 Å².